The van der Waals surface area contributed by atoms with Crippen LogP contribution in [-0.4, -0.2) is 29.3 Å². The summed E-state index contributed by atoms with van der Waals surface area (Å²) < 4.78 is 24.4. The molecular weight excluding hydrogens is 286 g/mol. The standard InChI is InChI=1S/C12H16ClN3O2S/c1-12(2,3)8-5-6-9(13)16-10(7-19(4,17)18)14-15-11(8)16/h5-6H,7H2,1-4H3. The molecule has 0 fully saturated rings. The molecule has 0 aliphatic carbocycles. The highest BCUT2D eigenvalue weighted by atomic mass is 35.5. The van der Waals surface area contributed by atoms with Crippen molar-refractivity contribution in [2.24, 2.45) is 0 Å². The molecule has 0 aliphatic heterocycles. The van der Waals surface area contributed by atoms with Crippen molar-refractivity contribution in [1.82, 2.24) is 14.6 Å². The van der Waals surface area contributed by atoms with Gasteiger partial charge in [-0.2, -0.15) is 0 Å². The van der Waals surface area contributed by atoms with Crippen LogP contribution in [-0.2, 0) is 21.0 Å². The third-order valence-corrected chi connectivity index (χ3v) is 3.85. The minimum absolute atomic E-state index is 0.124. The molecule has 2 aromatic heterocycles. The van der Waals surface area contributed by atoms with Crippen molar-refractivity contribution in [2.75, 3.05) is 6.26 Å². The Labute approximate surface area is 117 Å². The van der Waals surface area contributed by atoms with Crippen LogP contribution in [0.1, 0.15) is 32.2 Å². The molecule has 7 heteroatoms. The van der Waals surface area contributed by atoms with Crippen molar-refractivity contribution in [3.63, 3.8) is 0 Å². The monoisotopic (exact) mass is 301 g/mol. The van der Waals surface area contributed by atoms with Crippen LogP contribution < -0.4 is 0 Å². The fourth-order valence-corrected chi connectivity index (χ4v) is 2.83. The van der Waals surface area contributed by atoms with Crippen molar-refractivity contribution in [1.29, 1.82) is 0 Å². The van der Waals surface area contributed by atoms with E-state index < -0.39 is 9.84 Å². The smallest absolute Gasteiger partial charge is 0.165 e. The topological polar surface area (TPSA) is 64.3 Å². The number of pyridine rings is 1. The molecule has 5 nitrogen and oxygen atoms in total. The maximum atomic E-state index is 11.4. The molecule has 0 atom stereocenters. The van der Waals surface area contributed by atoms with Gasteiger partial charge in [0.15, 0.2) is 21.3 Å². The highest BCUT2D eigenvalue weighted by Crippen LogP contribution is 2.28. The molecule has 0 saturated heterocycles. The molecule has 2 aromatic rings. The van der Waals surface area contributed by atoms with Crippen LogP contribution in [0, 0.1) is 0 Å². The Morgan fingerprint density at radius 3 is 2.42 bits per heavy atom. The molecule has 0 aromatic carbocycles. The average molecular weight is 302 g/mol. The Morgan fingerprint density at radius 2 is 1.89 bits per heavy atom. The Bertz CT molecular complexity index is 729. The lowest BCUT2D eigenvalue weighted by atomic mass is 9.88. The second-order valence-electron chi connectivity index (χ2n) is 5.67. The first-order valence-electron chi connectivity index (χ1n) is 5.80. The molecule has 0 unspecified atom stereocenters. The van der Waals surface area contributed by atoms with Gasteiger partial charge >= 0.3 is 0 Å². The van der Waals surface area contributed by atoms with Crippen molar-refractivity contribution in [3.05, 3.63) is 28.7 Å². The lowest BCUT2D eigenvalue weighted by Crippen LogP contribution is -2.14. The van der Waals surface area contributed by atoms with Crippen LogP contribution in [0.2, 0.25) is 5.15 Å². The van der Waals surface area contributed by atoms with Crippen LogP contribution >= 0.6 is 11.6 Å². The van der Waals surface area contributed by atoms with Crippen molar-refractivity contribution in [3.8, 4) is 0 Å². The molecule has 0 saturated carbocycles. The fraction of sp³-hybridized carbons (Fsp3) is 0.500. The molecule has 19 heavy (non-hydrogen) atoms. The molecule has 0 N–H and O–H groups in total. The normalized spacial score (nSPS) is 13.1. The lowest BCUT2D eigenvalue weighted by Gasteiger charge is -2.19. The highest BCUT2D eigenvalue weighted by molar-refractivity contribution is 7.89. The number of halogens is 1. The molecule has 2 heterocycles. The number of nitrogens with zero attached hydrogens (tertiary/aromatic N) is 3. The Morgan fingerprint density at radius 1 is 1.26 bits per heavy atom. The van der Waals surface area contributed by atoms with Gasteiger partial charge in [-0.15, -0.1) is 10.2 Å². The summed E-state index contributed by atoms with van der Waals surface area (Å²) in [6.45, 7) is 6.17. The van der Waals surface area contributed by atoms with Gasteiger partial charge in [0.1, 0.15) is 10.9 Å². The van der Waals surface area contributed by atoms with Gasteiger partial charge in [-0.1, -0.05) is 38.4 Å². The van der Waals surface area contributed by atoms with E-state index in [1.54, 1.807) is 10.5 Å². The SMILES string of the molecule is CC(C)(C)c1ccc(Cl)n2c(CS(C)(=O)=O)nnc12. The number of hydrogen-bond acceptors (Lipinski definition) is 4. The van der Waals surface area contributed by atoms with E-state index in [9.17, 15) is 8.42 Å². The van der Waals surface area contributed by atoms with Crippen LogP contribution in [0.25, 0.3) is 5.65 Å². The quantitative estimate of drug-likeness (QED) is 0.798. The van der Waals surface area contributed by atoms with Gasteiger partial charge in [-0.25, -0.2) is 8.42 Å². The first-order valence-corrected chi connectivity index (χ1v) is 8.24. The van der Waals surface area contributed by atoms with E-state index in [-0.39, 0.29) is 11.2 Å². The Hall–Kier alpha value is -1.14. The largest absolute Gasteiger partial charge is 0.268 e. The maximum absolute atomic E-state index is 11.4. The Balaban J connectivity index is 2.73. The lowest BCUT2D eigenvalue weighted by molar-refractivity contribution is 0.591. The summed E-state index contributed by atoms with van der Waals surface area (Å²) in [6, 6.07) is 3.64. The molecule has 0 amide bonds. The van der Waals surface area contributed by atoms with Crippen LogP contribution in [0.4, 0.5) is 0 Å². The molecule has 2 rings (SSSR count). The molecule has 0 aliphatic rings. The van der Waals surface area contributed by atoms with Gasteiger partial charge < -0.3 is 0 Å². The zero-order valence-corrected chi connectivity index (χ0v) is 12.9. The molecule has 0 spiro atoms. The van der Waals surface area contributed by atoms with Crippen molar-refractivity contribution < 1.29 is 8.42 Å². The predicted molar refractivity (Wildman–Crippen MR) is 75.2 cm³/mol. The molecule has 0 bridgehead atoms. The summed E-state index contributed by atoms with van der Waals surface area (Å²) in [4.78, 5) is 0. The van der Waals surface area contributed by atoms with E-state index in [0.717, 1.165) is 11.8 Å². The van der Waals surface area contributed by atoms with Crippen LogP contribution in [0.3, 0.4) is 0 Å². The maximum Gasteiger partial charge on any atom is 0.165 e. The second-order valence-corrected chi connectivity index (χ2v) is 8.19. The van der Waals surface area contributed by atoms with E-state index in [2.05, 4.69) is 31.0 Å². The molecular formula is C12H16ClN3O2S. The minimum Gasteiger partial charge on any atom is -0.268 e. The summed E-state index contributed by atoms with van der Waals surface area (Å²) >= 11 is 6.14. The summed E-state index contributed by atoms with van der Waals surface area (Å²) in [6.07, 6.45) is 1.16. The van der Waals surface area contributed by atoms with Gasteiger partial charge in [0.2, 0.25) is 0 Å². The van der Waals surface area contributed by atoms with Crippen molar-refractivity contribution >= 4 is 27.1 Å². The van der Waals surface area contributed by atoms with E-state index in [1.807, 2.05) is 6.07 Å². The second kappa shape index (κ2) is 4.45. The number of rotatable bonds is 2. The molecule has 0 radical (unpaired) electrons. The predicted octanol–water partition coefficient (Wildman–Crippen LogP) is 2.22. The molecule has 104 valence electrons. The zero-order chi connectivity index (χ0) is 14.4. The Kier molecular flexibility index (Phi) is 3.35. The van der Waals surface area contributed by atoms with Gasteiger partial charge in [0.25, 0.3) is 0 Å². The van der Waals surface area contributed by atoms with Gasteiger partial charge in [0.05, 0.1) is 0 Å². The zero-order valence-electron chi connectivity index (χ0n) is 11.3. The van der Waals surface area contributed by atoms with Gasteiger partial charge in [-0.05, 0) is 11.5 Å². The van der Waals surface area contributed by atoms with Gasteiger partial charge in [-0.3, -0.25) is 4.40 Å². The van der Waals surface area contributed by atoms with E-state index in [4.69, 9.17) is 11.6 Å². The van der Waals surface area contributed by atoms with E-state index in [0.29, 0.717) is 16.6 Å². The average Bonchev–Trinajstić information content (AvgIpc) is 2.58. The summed E-state index contributed by atoms with van der Waals surface area (Å²) in [5.74, 6) is 0.162. The third kappa shape index (κ3) is 2.90. The minimum atomic E-state index is -3.19. The first-order chi connectivity index (χ1) is 8.59. The number of hydrogen-bond donors (Lipinski definition) is 0. The first kappa shape index (κ1) is 14.3. The van der Waals surface area contributed by atoms with Crippen molar-refractivity contribution in [2.45, 2.75) is 31.9 Å². The van der Waals surface area contributed by atoms with Crippen LogP contribution in [0.5, 0.6) is 0 Å². The summed E-state index contributed by atoms with van der Waals surface area (Å²) in [5, 5.41) is 8.47. The van der Waals surface area contributed by atoms with Crippen LogP contribution in [0.15, 0.2) is 12.1 Å². The highest BCUT2D eigenvalue weighted by Gasteiger charge is 2.22. The number of fused-ring (bicyclic) bond motifs is 1. The summed E-state index contributed by atoms with van der Waals surface area (Å²) in [5.41, 5.74) is 1.46. The number of aromatic nitrogens is 3. The van der Waals surface area contributed by atoms with Gasteiger partial charge in [0, 0.05) is 11.8 Å². The number of sulfone groups is 1. The van der Waals surface area contributed by atoms with E-state index in [1.165, 1.54) is 0 Å². The third-order valence-electron chi connectivity index (χ3n) is 2.77. The summed E-state index contributed by atoms with van der Waals surface area (Å²) in [7, 11) is -3.19. The fourth-order valence-electron chi connectivity index (χ4n) is 1.93. The van der Waals surface area contributed by atoms with E-state index >= 15 is 0 Å².